The molecule has 2 aromatic carbocycles. The maximum atomic E-state index is 12.5. The number of carbonyl (C=O) groups is 1. The summed E-state index contributed by atoms with van der Waals surface area (Å²) >= 11 is 0. The number of alkyl halides is 3. The second kappa shape index (κ2) is 6.51. The first-order chi connectivity index (χ1) is 11.9. The maximum absolute atomic E-state index is 12.5. The summed E-state index contributed by atoms with van der Waals surface area (Å²) in [6.07, 6.45) is -2.57. The molecule has 0 aliphatic heterocycles. The fraction of sp³-hybridized carbons (Fsp3) is 0.167. The van der Waals surface area contributed by atoms with Crippen molar-refractivity contribution < 1.29 is 22.7 Å². The number of carbonyl (C=O) groups excluding carboxylic acids is 1. The van der Waals surface area contributed by atoms with E-state index in [0.29, 0.717) is 11.4 Å². The predicted octanol–water partition coefficient (Wildman–Crippen LogP) is 4.38. The SMILES string of the molecule is COc1ccc2[nH]cc(CC(=O)Nc3ccc(C(F)(F)F)cc3)c2c1. The summed E-state index contributed by atoms with van der Waals surface area (Å²) < 4.78 is 42.8. The number of anilines is 1. The Bertz CT molecular complexity index is 899. The van der Waals surface area contributed by atoms with Gasteiger partial charge in [-0.3, -0.25) is 4.79 Å². The van der Waals surface area contributed by atoms with Crippen molar-refractivity contribution in [1.29, 1.82) is 0 Å². The minimum absolute atomic E-state index is 0.0915. The van der Waals surface area contributed by atoms with Gasteiger partial charge in [0.05, 0.1) is 19.1 Å². The molecule has 2 N–H and O–H groups in total. The van der Waals surface area contributed by atoms with Gasteiger partial charge in [-0.25, -0.2) is 0 Å². The van der Waals surface area contributed by atoms with E-state index in [-0.39, 0.29) is 12.3 Å². The fourth-order valence-corrected chi connectivity index (χ4v) is 2.55. The molecule has 0 unspecified atom stereocenters. The molecule has 0 atom stereocenters. The molecular weight excluding hydrogens is 333 g/mol. The van der Waals surface area contributed by atoms with Crippen LogP contribution in [0.25, 0.3) is 10.9 Å². The lowest BCUT2D eigenvalue weighted by Gasteiger charge is -2.09. The molecule has 3 aromatic rings. The number of nitrogens with one attached hydrogen (secondary N) is 2. The Morgan fingerprint density at radius 1 is 1.16 bits per heavy atom. The highest BCUT2D eigenvalue weighted by atomic mass is 19.4. The highest BCUT2D eigenvalue weighted by Crippen LogP contribution is 2.30. The average molecular weight is 348 g/mol. The van der Waals surface area contributed by atoms with Crippen LogP contribution >= 0.6 is 0 Å². The topological polar surface area (TPSA) is 54.1 Å². The Morgan fingerprint density at radius 3 is 2.52 bits per heavy atom. The van der Waals surface area contributed by atoms with Gasteiger partial charge >= 0.3 is 6.18 Å². The first-order valence-electron chi connectivity index (χ1n) is 7.48. The van der Waals surface area contributed by atoms with E-state index in [1.54, 1.807) is 13.3 Å². The van der Waals surface area contributed by atoms with Crippen molar-refractivity contribution in [2.45, 2.75) is 12.6 Å². The lowest BCUT2D eigenvalue weighted by Crippen LogP contribution is -2.14. The Morgan fingerprint density at radius 2 is 1.88 bits per heavy atom. The molecule has 0 saturated carbocycles. The number of aromatic nitrogens is 1. The number of methoxy groups -OCH3 is 1. The number of H-pyrrole nitrogens is 1. The molecule has 130 valence electrons. The van der Waals surface area contributed by atoms with Crippen LogP contribution < -0.4 is 10.1 Å². The molecule has 4 nitrogen and oxygen atoms in total. The standard InChI is InChI=1S/C18H15F3N2O2/c1-25-14-6-7-16-15(9-14)11(10-22-16)8-17(24)23-13-4-2-12(3-5-13)18(19,20)21/h2-7,9-10,22H,8H2,1H3,(H,23,24). The summed E-state index contributed by atoms with van der Waals surface area (Å²) in [6, 6.07) is 9.83. The highest BCUT2D eigenvalue weighted by Gasteiger charge is 2.29. The third kappa shape index (κ3) is 3.76. The quantitative estimate of drug-likeness (QED) is 0.735. The summed E-state index contributed by atoms with van der Waals surface area (Å²) in [7, 11) is 1.56. The van der Waals surface area contributed by atoms with E-state index in [2.05, 4.69) is 10.3 Å². The number of aromatic amines is 1. The normalized spacial score (nSPS) is 11.5. The van der Waals surface area contributed by atoms with E-state index in [1.807, 2.05) is 18.2 Å². The van der Waals surface area contributed by atoms with Crippen molar-refractivity contribution in [2.75, 3.05) is 12.4 Å². The zero-order valence-corrected chi connectivity index (χ0v) is 13.3. The van der Waals surface area contributed by atoms with Crippen LogP contribution in [0.4, 0.5) is 18.9 Å². The molecule has 25 heavy (non-hydrogen) atoms. The van der Waals surface area contributed by atoms with Crippen LogP contribution in [0.2, 0.25) is 0 Å². The molecule has 0 aliphatic rings. The number of amides is 1. The van der Waals surface area contributed by atoms with Crippen molar-refractivity contribution in [3.05, 3.63) is 59.8 Å². The van der Waals surface area contributed by atoms with Crippen molar-refractivity contribution in [2.24, 2.45) is 0 Å². The van der Waals surface area contributed by atoms with Crippen LogP contribution in [0.5, 0.6) is 5.75 Å². The number of rotatable bonds is 4. The summed E-state index contributed by atoms with van der Waals surface area (Å²) in [5.74, 6) is 0.361. The molecule has 1 heterocycles. The minimum atomic E-state index is -4.40. The Hall–Kier alpha value is -2.96. The molecule has 0 spiro atoms. The van der Waals surface area contributed by atoms with Crippen LogP contribution in [0.15, 0.2) is 48.7 Å². The van der Waals surface area contributed by atoms with Gasteiger partial charge < -0.3 is 15.0 Å². The number of hydrogen-bond donors (Lipinski definition) is 2. The van der Waals surface area contributed by atoms with Crippen molar-refractivity contribution in [3.8, 4) is 5.75 Å². The van der Waals surface area contributed by atoms with E-state index < -0.39 is 11.7 Å². The van der Waals surface area contributed by atoms with E-state index >= 15 is 0 Å². The lowest BCUT2D eigenvalue weighted by atomic mass is 10.1. The van der Waals surface area contributed by atoms with E-state index in [4.69, 9.17) is 4.74 Å². The van der Waals surface area contributed by atoms with Gasteiger partial charge in [0.1, 0.15) is 5.75 Å². The van der Waals surface area contributed by atoms with Crippen LogP contribution in [-0.4, -0.2) is 18.0 Å². The minimum Gasteiger partial charge on any atom is -0.497 e. The van der Waals surface area contributed by atoms with Gasteiger partial charge in [-0.2, -0.15) is 13.2 Å². The molecule has 0 radical (unpaired) electrons. The molecule has 1 amide bonds. The first-order valence-corrected chi connectivity index (χ1v) is 7.48. The highest BCUT2D eigenvalue weighted by molar-refractivity contribution is 5.96. The number of halogens is 3. The van der Waals surface area contributed by atoms with E-state index in [0.717, 1.165) is 28.6 Å². The Kier molecular flexibility index (Phi) is 4.39. The fourth-order valence-electron chi connectivity index (χ4n) is 2.55. The average Bonchev–Trinajstić information content (AvgIpc) is 2.96. The molecular formula is C18H15F3N2O2. The van der Waals surface area contributed by atoms with Crippen molar-refractivity contribution >= 4 is 22.5 Å². The smallest absolute Gasteiger partial charge is 0.416 e. The van der Waals surface area contributed by atoms with Gasteiger partial charge in [0.25, 0.3) is 0 Å². The van der Waals surface area contributed by atoms with Gasteiger partial charge in [0.15, 0.2) is 0 Å². The van der Waals surface area contributed by atoms with E-state index in [9.17, 15) is 18.0 Å². The second-order valence-electron chi connectivity index (χ2n) is 5.53. The third-order valence-corrected chi connectivity index (χ3v) is 3.82. The van der Waals surface area contributed by atoms with E-state index in [1.165, 1.54) is 12.1 Å². The van der Waals surface area contributed by atoms with Gasteiger partial charge in [-0.05, 0) is 48.0 Å². The number of benzene rings is 2. The molecule has 0 bridgehead atoms. The Balaban J connectivity index is 1.72. The zero-order valence-electron chi connectivity index (χ0n) is 13.3. The zero-order chi connectivity index (χ0) is 18.0. The molecule has 7 heteroatoms. The Labute approximate surface area is 141 Å². The molecule has 0 aliphatic carbocycles. The van der Waals surface area contributed by atoms with Crippen molar-refractivity contribution in [1.82, 2.24) is 4.98 Å². The molecule has 0 fully saturated rings. The summed E-state index contributed by atoms with van der Waals surface area (Å²) in [5, 5.41) is 3.46. The maximum Gasteiger partial charge on any atom is 0.416 e. The molecule has 3 rings (SSSR count). The van der Waals surface area contributed by atoms with Gasteiger partial charge in [-0.15, -0.1) is 0 Å². The van der Waals surface area contributed by atoms with Crippen LogP contribution in [0, 0.1) is 0 Å². The monoisotopic (exact) mass is 348 g/mol. The third-order valence-electron chi connectivity index (χ3n) is 3.82. The molecule has 0 saturated heterocycles. The van der Waals surface area contributed by atoms with Gasteiger partial charge in [-0.1, -0.05) is 0 Å². The summed E-state index contributed by atoms with van der Waals surface area (Å²) in [6.45, 7) is 0. The second-order valence-corrected chi connectivity index (χ2v) is 5.53. The predicted molar refractivity (Wildman–Crippen MR) is 88.6 cm³/mol. The van der Waals surface area contributed by atoms with Crippen molar-refractivity contribution in [3.63, 3.8) is 0 Å². The largest absolute Gasteiger partial charge is 0.497 e. The van der Waals surface area contributed by atoms with Crippen LogP contribution in [0.3, 0.4) is 0 Å². The van der Waals surface area contributed by atoms with Crippen LogP contribution in [0.1, 0.15) is 11.1 Å². The number of hydrogen-bond acceptors (Lipinski definition) is 2. The number of ether oxygens (including phenoxy) is 1. The lowest BCUT2D eigenvalue weighted by molar-refractivity contribution is -0.137. The summed E-state index contributed by atoms with van der Waals surface area (Å²) in [4.78, 5) is 15.3. The molecule has 1 aromatic heterocycles. The first kappa shape index (κ1) is 16.9. The summed E-state index contributed by atoms with van der Waals surface area (Å²) in [5.41, 5.74) is 1.21. The number of fused-ring (bicyclic) bond motifs is 1. The van der Waals surface area contributed by atoms with Crippen LogP contribution in [-0.2, 0) is 17.4 Å². The van der Waals surface area contributed by atoms with Gasteiger partial charge in [0, 0.05) is 22.8 Å². The van der Waals surface area contributed by atoms with Gasteiger partial charge in [0.2, 0.25) is 5.91 Å².